The predicted molar refractivity (Wildman–Crippen MR) is 66.6 cm³/mol. The second-order valence-electron chi connectivity index (χ2n) is 3.61. The molecule has 2 rings (SSSR count). The van der Waals surface area contributed by atoms with Crippen molar-refractivity contribution in [1.29, 1.82) is 0 Å². The lowest BCUT2D eigenvalue weighted by Crippen LogP contribution is -2.15. The molecule has 0 bridgehead atoms. The molecular weight excluding hydrogens is 220 g/mol. The highest BCUT2D eigenvalue weighted by Gasteiger charge is 2.06. The maximum atomic E-state index is 8.97. The second kappa shape index (κ2) is 5.09. The van der Waals surface area contributed by atoms with E-state index in [0.29, 0.717) is 0 Å². The van der Waals surface area contributed by atoms with Gasteiger partial charge < -0.3 is 10.0 Å². The monoisotopic (exact) mass is 234 g/mol. The van der Waals surface area contributed by atoms with Gasteiger partial charge in [0.05, 0.1) is 11.5 Å². The molecule has 4 heteroatoms. The molecule has 0 spiro atoms. The third kappa shape index (κ3) is 2.59. The second-order valence-corrected chi connectivity index (χ2v) is 4.70. The fourth-order valence-electron chi connectivity index (χ4n) is 1.47. The van der Waals surface area contributed by atoms with E-state index >= 15 is 0 Å². The van der Waals surface area contributed by atoms with Crippen LogP contribution in [0.15, 0.2) is 36.5 Å². The summed E-state index contributed by atoms with van der Waals surface area (Å²) in [5.41, 5.74) is 1.26. The van der Waals surface area contributed by atoms with E-state index in [-0.39, 0.29) is 6.61 Å². The maximum absolute atomic E-state index is 8.97. The highest BCUT2D eigenvalue weighted by molar-refractivity contribution is 7.15. The number of thiazole rings is 1. The van der Waals surface area contributed by atoms with E-state index in [9.17, 15) is 0 Å². The zero-order valence-corrected chi connectivity index (χ0v) is 9.94. The Morgan fingerprint density at radius 2 is 2.06 bits per heavy atom. The standard InChI is InChI=1S/C12H14N2OS/c1-14(8-10-5-3-2-4-6-10)12-13-7-11(9-15)16-12/h2-7,15H,8-9H2,1H3. The number of aromatic nitrogens is 1. The van der Waals surface area contributed by atoms with Gasteiger partial charge in [-0.15, -0.1) is 0 Å². The van der Waals surface area contributed by atoms with E-state index in [1.807, 2.05) is 25.2 Å². The summed E-state index contributed by atoms with van der Waals surface area (Å²) in [6.45, 7) is 0.899. The average molecular weight is 234 g/mol. The number of rotatable bonds is 4. The van der Waals surface area contributed by atoms with Gasteiger partial charge in [-0.2, -0.15) is 0 Å². The number of aliphatic hydroxyl groups excluding tert-OH is 1. The van der Waals surface area contributed by atoms with Crippen molar-refractivity contribution in [2.75, 3.05) is 11.9 Å². The summed E-state index contributed by atoms with van der Waals surface area (Å²) in [7, 11) is 2.01. The lowest BCUT2D eigenvalue weighted by Gasteiger charge is -2.15. The van der Waals surface area contributed by atoms with Gasteiger partial charge in [0.25, 0.3) is 0 Å². The molecule has 0 aliphatic rings. The van der Waals surface area contributed by atoms with Crippen molar-refractivity contribution in [3.63, 3.8) is 0 Å². The van der Waals surface area contributed by atoms with Gasteiger partial charge in [0.15, 0.2) is 5.13 Å². The minimum absolute atomic E-state index is 0.0663. The Kier molecular flexibility index (Phi) is 3.54. The molecule has 0 saturated carbocycles. The molecule has 0 unspecified atom stereocenters. The first kappa shape index (κ1) is 11.1. The van der Waals surface area contributed by atoms with Crippen LogP contribution in [0.4, 0.5) is 5.13 Å². The first-order valence-electron chi connectivity index (χ1n) is 5.10. The van der Waals surface area contributed by atoms with Crippen LogP contribution in [0.25, 0.3) is 0 Å². The average Bonchev–Trinajstić information content (AvgIpc) is 2.79. The van der Waals surface area contributed by atoms with Crippen LogP contribution in [0, 0.1) is 0 Å². The summed E-state index contributed by atoms with van der Waals surface area (Å²) in [5.74, 6) is 0. The van der Waals surface area contributed by atoms with Crippen LogP contribution in [-0.2, 0) is 13.2 Å². The van der Waals surface area contributed by atoms with Crippen molar-refractivity contribution in [2.45, 2.75) is 13.2 Å². The zero-order valence-electron chi connectivity index (χ0n) is 9.13. The molecule has 0 amide bonds. The minimum Gasteiger partial charge on any atom is -0.391 e. The van der Waals surface area contributed by atoms with Crippen LogP contribution in [0.2, 0.25) is 0 Å². The Morgan fingerprint density at radius 3 is 2.69 bits per heavy atom. The smallest absolute Gasteiger partial charge is 0.185 e. The molecule has 2 aromatic rings. The van der Waals surface area contributed by atoms with E-state index in [1.165, 1.54) is 16.9 Å². The molecule has 0 aliphatic carbocycles. The Labute approximate surface area is 99.0 Å². The van der Waals surface area contributed by atoms with E-state index in [1.54, 1.807) is 6.20 Å². The van der Waals surface area contributed by atoms with Gasteiger partial charge in [-0.05, 0) is 5.56 Å². The van der Waals surface area contributed by atoms with Gasteiger partial charge >= 0.3 is 0 Å². The molecule has 0 atom stereocenters. The molecule has 0 radical (unpaired) electrons. The molecule has 1 heterocycles. The lowest BCUT2D eigenvalue weighted by atomic mass is 10.2. The van der Waals surface area contributed by atoms with Crippen LogP contribution >= 0.6 is 11.3 Å². The SMILES string of the molecule is CN(Cc1ccccc1)c1ncc(CO)s1. The highest BCUT2D eigenvalue weighted by atomic mass is 32.1. The van der Waals surface area contributed by atoms with Crippen molar-refractivity contribution in [1.82, 2.24) is 4.98 Å². The number of aliphatic hydroxyl groups is 1. The molecule has 3 nitrogen and oxygen atoms in total. The van der Waals surface area contributed by atoms with E-state index in [0.717, 1.165) is 16.6 Å². The largest absolute Gasteiger partial charge is 0.391 e. The molecule has 0 fully saturated rings. The first-order chi connectivity index (χ1) is 7.79. The predicted octanol–water partition coefficient (Wildman–Crippen LogP) is 2.27. The van der Waals surface area contributed by atoms with Gasteiger partial charge in [-0.1, -0.05) is 41.7 Å². The van der Waals surface area contributed by atoms with Crippen molar-refractivity contribution in [3.8, 4) is 0 Å². The molecule has 0 aliphatic heterocycles. The van der Waals surface area contributed by atoms with Crippen LogP contribution in [-0.4, -0.2) is 17.1 Å². The Morgan fingerprint density at radius 1 is 1.31 bits per heavy atom. The summed E-state index contributed by atoms with van der Waals surface area (Å²) >= 11 is 1.53. The van der Waals surface area contributed by atoms with Gasteiger partial charge in [0.2, 0.25) is 0 Å². The molecular formula is C12H14N2OS. The van der Waals surface area contributed by atoms with Gasteiger partial charge in [-0.25, -0.2) is 4.98 Å². The first-order valence-corrected chi connectivity index (χ1v) is 5.92. The van der Waals surface area contributed by atoms with E-state index in [2.05, 4.69) is 22.0 Å². The fraction of sp³-hybridized carbons (Fsp3) is 0.250. The van der Waals surface area contributed by atoms with Crippen molar-refractivity contribution >= 4 is 16.5 Å². The maximum Gasteiger partial charge on any atom is 0.185 e. The third-order valence-corrected chi connectivity index (χ3v) is 3.38. The van der Waals surface area contributed by atoms with Gasteiger partial charge in [0, 0.05) is 19.8 Å². The van der Waals surface area contributed by atoms with Crippen LogP contribution in [0.5, 0.6) is 0 Å². The highest BCUT2D eigenvalue weighted by Crippen LogP contribution is 2.22. The summed E-state index contributed by atoms with van der Waals surface area (Å²) in [5, 5.41) is 9.91. The molecule has 1 aromatic heterocycles. The quantitative estimate of drug-likeness (QED) is 0.881. The summed E-state index contributed by atoms with van der Waals surface area (Å²) < 4.78 is 0. The fourth-order valence-corrected chi connectivity index (χ4v) is 2.20. The van der Waals surface area contributed by atoms with Crippen molar-refractivity contribution in [2.24, 2.45) is 0 Å². The van der Waals surface area contributed by atoms with Crippen molar-refractivity contribution in [3.05, 3.63) is 47.0 Å². The zero-order chi connectivity index (χ0) is 11.4. The normalized spacial score (nSPS) is 10.4. The summed E-state index contributed by atoms with van der Waals surface area (Å²) in [6.07, 6.45) is 1.72. The number of anilines is 1. The van der Waals surface area contributed by atoms with Gasteiger partial charge in [-0.3, -0.25) is 0 Å². The van der Waals surface area contributed by atoms with E-state index in [4.69, 9.17) is 5.11 Å². The Balaban J connectivity index is 2.05. The van der Waals surface area contributed by atoms with Crippen molar-refractivity contribution < 1.29 is 5.11 Å². The molecule has 84 valence electrons. The van der Waals surface area contributed by atoms with Crippen LogP contribution < -0.4 is 4.90 Å². The minimum atomic E-state index is 0.0663. The molecule has 16 heavy (non-hydrogen) atoms. The lowest BCUT2D eigenvalue weighted by molar-refractivity contribution is 0.285. The number of nitrogens with zero attached hydrogens (tertiary/aromatic N) is 2. The number of hydrogen-bond acceptors (Lipinski definition) is 4. The Hall–Kier alpha value is -1.39. The number of hydrogen-bond donors (Lipinski definition) is 1. The molecule has 0 saturated heterocycles. The van der Waals surface area contributed by atoms with Crippen LogP contribution in [0.1, 0.15) is 10.4 Å². The van der Waals surface area contributed by atoms with Gasteiger partial charge in [0.1, 0.15) is 0 Å². The molecule has 1 aromatic carbocycles. The third-order valence-electron chi connectivity index (χ3n) is 2.29. The molecule has 1 N–H and O–H groups in total. The number of benzene rings is 1. The Bertz CT molecular complexity index is 441. The topological polar surface area (TPSA) is 36.4 Å². The summed E-state index contributed by atoms with van der Waals surface area (Å²) in [4.78, 5) is 7.25. The summed E-state index contributed by atoms with van der Waals surface area (Å²) in [6, 6.07) is 10.3. The van der Waals surface area contributed by atoms with E-state index < -0.39 is 0 Å². The van der Waals surface area contributed by atoms with Crippen LogP contribution in [0.3, 0.4) is 0 Å².